The summed E-state index contributed by atoms with van der Waals surface area (Å²) < 4.78 is 31.3. The first kappa shape index (κ1) is 11.7. The summed E-state index contributed by atoms with van der Waals surface area (Å²) in [5, 5.41) is 2.69. The van der Waals surface area contributed by atoms with Crippen molar-refractivity contribution >= 4 is 11.3 Å². The van der Waals surface area contributed by atoms with Crippen molar-refractivity contribution in [1.82, 2.24) is 4.98 Å². The summed E-state index contributed by atoms with van der Waals surface area (Å²) in [6.07, 6.45) is 0.973. The van der Waals surface area contributed by atoms with Gasteiger partial charge in [0, 0.05) is 23.5 Å². The molecule has 0 bridgehead atoms. The zero-order valence-corrected chi connectivity index (χ0v) is 10.3. The number of ether oxygens (including phenoxy) is 1. The van der Waals surface area contributed by atoms with Crippen molar-refractivity contribution in [1.29, 1.82) is 0 Å². The first-order valence-corrected chi connectivity index (χ1v) is 6.60. The molecule has 1 saturated heterocycles. The average Bonchev–Trinajstić information content (AvgIpc) is 3.01. The molecule has 0 spiro atoms. The maximum absolute atomic E-state index is 13.2. The molecule has 94 valence electrons. The summed E-state index contributed by atoms with van der Waals surface area (Å²) in [7, 11) is 0. The van der Waals surface area contributed by atoms with Crippen LogP contribution in [0.2, 0.25) is 0 Å². The highest BCUT2D eigenvalue weighted by Gasteiger charge is 2.20. The number of thiazole rings is 1. The van der Waals surface area contributed by atoms with Crippen LogP contribution in [0.5, 0.6) is 0 Å². The van der Waals surface area contributed by atoms with E-state index in [-0.39, 0.29) is 0 Å². The fourth-order valence-corrected chi connectivity index (χ4v) is 2.90. The molecule has 1 aliphatic rings. The number of rotatable bonds is 2. The van der Waals surface area contributed by atoms with Gasteiger partial charge in [0.1, 0.15) is 5.01 Å². The molecule has 0 radical (unpaired) electrons. The minimum absolute atomic E-state index is 0.334. The summed E-state index contributed by atoms with van der Waals surface area (Å²) in [6.45, 7) is 1.46. The highest BCUT2D eigenvalue weighted by molar-refractivity contribution is 7.13. The third-order valence-electron chi connectivity index (χ3n) is 3.04. The maximum atomic E-state index is 13.2. The van der Waals surface area contributed by atoms with Crippen LogP contribution in [0, 0.1) is 11.6 Å². The number of nitrogens with zero attached hydrogens (tertiary/aromatic N) is 1. The zero-order chi connectivity index (χ0) is 12.5. The molecule has 0 N–H and O–H groups in total. The summed E-state index contributed by atoms with van der Waals surface area (Å²) in [5.41, 5.74) is 1.60. The van der Waals surface area contributed by atoms with E-state index in [1.807, 2.05) is 5.38 Å². The second-order valence-electron chi connectivity index (χ2n) is 4.27. The van der Waals surface area contributed by atoms with Crippen molar-refractivity contribution < 1.29 is 13.5 Å². The lowest BCUT2D eigenvalue weighted by atomic mass is 10.1. The van der Waals surface area contributed by atoms with Crippen molar-refractivity contribution in [2.45, 2.75) is 12.3 Å². The predicted octanol–water partition coefficient (Wildman–Crippen LogP) is 3.59. The molecule has 1 atom stereocenters. The van der Waals surface area contributed by atoms with Crippen LogP contribution in [0.25, 0.3) is 10.6 Å². The molecule has 2 nitrogen and oxygen atoms in total. The van der Waals surface area contributed by atoms with Crippen molar-refractivity contribution in [2.24, 2.45) is 0 Å². The molecule has 0 amide bonds. The van der Waals surface area contributed by atoms with E-state index in [1.54, 1.807) is 6.07 Å². The third kappa shape index (κ3) is 2.15. The first-order valence-electron chi connectivity index (χ1n) is 5.72. The van der Waals surface area contributed by atoms with Crippen LogP contribution < -0.4 is 0 Å². The normalized spacial score (nSPS) is 19.3. The fourth-order valence-electron chi connectivity index (χ4n) is 2.00. The van der Waals surface area contributed by atoms with E-state index in [0.717, 1.165) is 29.8 Å². The Bertz CT molecular complexity index is 564. The van der Waals surface area contributed by atoms with Crippen molar-refractivity contribution in [3.05, 3.63) is 40.9 Å². The third-order valence-corrected chi connectivity index (χ3v) is 3.95. The Morgan fingerprint density at radius 1 is 1.28 bits per heavy atom. The lowest BCUT2D eigenvalue weighted by Crippen LogP contribution is -1.97. The number of aromatic nitrogens is 1. The van der Waals surface area contributed by atoms with Crippen LogP contribution in [0.15, 0.2) is 23.6 Å². The monoisotopic (exact) mass is 267 g/mol. The highest BCUT2D eigenvalue weighted by Crippen LogP contribution is 2.31. The van der Waals surface area contributed by atoms with Crippen LogP contribution >= 0.6 is 11.3 Å². The molecule has 18 heavy (non-hydrogen) atoms. The zero-order valence-electron chi connectivity index (χ0n) is 9.53. The Hall–Kier alpha value is -1.33. The molecular weight excluding hydrogens is 256 g/mol. The molecule has 2 aromatic rings. The quantitative estimate of drug-likeness (QED) is 0.829. The van der Waals surface area contributed by atoms with E-state index in [9.17, 15) is 8.78 Å². The van der Waals surface area contributed by atoms with E-state index in [0.29, 0.717) is 18.1 Å². The van der Waals surface area contributed by atoms with Crippen LogP contribution in [-0.4, -0.2) is 18.2 Å². The topological polar surface area (TPSA) is 22.1 Å². The number of hydrogen-bond donors (Lipinski definition) is 0. The van der Waals surface area contributed by atoms with Crippen molar-refractivity contribution in [3.8, 4) is 10.6 Å². The van der Waals surface area contributed by atoms with Gasteiger partial charge in [0.15, 0.2) is 11.6 Å². The molecule has 0 unspecified atom stereocenters. The highest BCUT2D eigenvalue weighted by atomic mass is 32.1. The van der Waals surface area contributed by atoms with Crippen LogP contribution in [0.1, 0.15) is 18.0 Å². The van der Waals surface area contributed by atoms with Gasteiger partial charge in [0.05, 0.1) is 12.3 Å². The Labute approximate surface area is 107 Å². The molecule has 1 fully saturated rings. The lowest BCUT2D eigenvalue weighted by Gasteiger charge is -2.02. The van der Waals surface area contributed by atoms with Gasteiger partial charge in [-0.2, -0.15) is 0 Å². The summed E-state index contributed by atoms with van der Waals surface area (Å²) in [6, 6.07) is 3.86. The Morgan fingerprint density at radius 3 is 2.89 bits per heavy atom. The molecule has 2 heterocycles. The van der Waals surface area contributed by atoms with Gasteiger partial charge >= 0.3 is 0 Å². The Morgan fingerprint density at radius 2 is 2.17 bits per heavy atom. The van der Waals surface area contributed by atoms with Gasteiger partial charge < -0.3 is 4.74 Å². The smallest absolute Gasteiger partial charge is 0.159 e. The maximum Gasteiger partial charge on any atom is 0.159 e. The second-order valence-corrected chi connectivity index (χ2v) is 5.13. The standard InChI is InChI=1S/C13H11F2NOS/c14-10-2-1-8(5-11(10)15)13-16-12(7-18-13)9-3-4-17-6-9/h1-2,5,7,9H,3-4,6H2/t9-/m0/s1. The van der Waals surface area contributed by atoms with E-state index in [1.165, 1.54) is 17.4 Å². The first-order chi connectivity index (χ1) is 8.74. The van der Waals surface area contributed by atoms with E-state index < -0.39 is 11.6 Å². The largest absolute Gasteiger partial charge is 0.381 e. The molecule has 3 rings (SSSR count). The van der Waals surface area contributed by atoms with E-state index in [4.69, 9.17) is 4.74 Å². The van der Waals surface area contributed by atoms with Gasteiger partial charge in [-0.3, -0.25) is 0 Å². The summed E-state index contributed by atoms with van der Waals surface area (Å²) in [4.78, 5) is 4.48. The number of hydrogen-bond acceptors (Lipinski definition) is 3. The fraction of sp³-hybridized carbons (Fsp3) is 0.308. The Kier molecular flexibility index (Phi) is 3.09. The summed E-state index contributed by atoms with van der Waals surface area (Å²) in [5.74, 6) is -1.34. The summed E-state index contributed by atoms with van der Waals surface area (Å²) >= 11 is 1.45. The Balaban J connectivity index is 1.89. The minimum atomic E-state index is -0.839. The molecule has 0 saturated carbocycles. The average molecular weight is 267 g/mol. The molecule has 5 heteroatoms. The molecule has 1 aliphatic heterocycles. The molecular formula is C13H11F2NOS. The lowest BCUT2D eigenvalue weighted by molar-refractivity contribution is 0.193. The van der Waals surface area contributed by atoms with E-state index >= 15 is 0 Å². The predicted molar refractivity (Wildman–Crippen MR) is 65.6 cm³/mol. The van der Waals surface area contributed by atoms with Gasteiger partial charge in [0.25, 0.3) is 0 Å². The molecule has 0 aliphatic carbocycles. The van der Waals surface area contributed by atoms with Crippen molar-refractivity contribution in [2.75, 3.05) is 13.2 Å². The van der Waals surface area contributed by atoms with Crippen molar-refractivity contribution in [3.63, 3.8) is 0 Å². The van der Waals surface area contributed by atoms with Gasteiger partial charge in [0.2, 0.25) is 0 Å². The van der Waals surface area contributed by atoms with Gasteiger partial charge in [-0.15, -0.1) is 11.3 Å². The van der Waals surface area contributed by atoms with Crippen LogP contribution in [0.3, 0.4) is 0 Å². The van der Waals surface area contributed by atoms with Gasteiger partial charge in [-0.05, 0) is 24.6 Å². The molecule has 1 aromatic carbocycles. The minimum Gasteiger partial charge on any atom is -0.381 e. The number of benzene rings is 1. The van der Waals surface area contributed by atoms with Gasteiger partial charge in [-0.25, -0.2) is 13.8 Å². The molecule has 1 aromatic heterocycles. The SMILES string of the molecule is Fc1ccc(-c2nc([C@H]3CCOC3)cs2)cc1F. The second kappa shape index (κ2) is 4.74. The van der Waals surface area contributed by atoms with E-state index in [2.05, 4.69) is 4.98 Å². The van der Waals surface area contributed by atoms with Crippen LogP contribution in [-0.2, 0) is 4.74 Å². The van der Waals surface area contributed by atoms with Gasteiger partial charge in [-0.1, -0.05) is 0 Å². The number of halogens is 2. The van der Waals surface area contributed by atoms with Crippen LogP contribution in [0.4, 0.5) is 8.78 Å².